The standard InChI is InChI=1S/C17H24N2O3S2/c20-17(18-15-11-12-3-4-14(15)10-12)13-5-7-19(8-6-13)24(21,22)16-2-1-9-23-16/h1-2,9,12-15H,3-8,10-11H2,(H,18,20)/t12-,14-,15-/m1/s1. The minimum Gasteiger partial charge on any atom is -0.353 e. The second kappa shape index (κ2) is 6.42. The Morgan fingerprint density at radius 2 is 1.96 bits per heavy atom. The topological polar surface area (TPSA) is 66.5 Å². The lowest BCUT2D eigenvalue weighted by Gasteiger charge is -2.32. The molecule has 5 nitrogen and oxygen atoms in total. The molecule has 0 aromatic carbocycles. The Kier molecular flexibility index (Phi) is 4.43. The Balaban J connectivity index is 1.32. The van der Waals surface area contributed by atoms with Crippen molar-refractivity contribution < 1.29 is 13.2 Å². The maximum Gasteiger partial charge on any atom is 0.252 e. The van der Waals surface area contributed by atoms with Crippen molar-refractivity contribution in [1.82, 2.24) is 9.62 Å². The van der Waals surface area contributed by atoms with Gasteiger partial charge in [0.15, 0.2) is 0 Å². The van der Waals surface area contributed by atoms with Crippen LogP contribution in [0.2, 0.25) is 0 Å². The molecule has 7 heteroatoms. The molecule has 1 N–H and O–H groups in total. The number of hydrogen-bond acceptors (Lipinski definition) is 4. The van der Waals surface area contributed by atoms with Crippen LogP contribution in [0.1, 0.15) is 38.5 Å². The summed E-state index contributed by atoms with van der Waals surface area (Å²) in [6, 6.07) is 3.77. The second-order valence-corrected chi connectivity index (χ2v) is 10.5. The summed E-state index contributed by atoms with van der Waals surface area (Å²) in [5.41, 5.74) is 0. The van der Waals surface area contributed by atoms with Crippen LogP contribution in [-0.2, 0) is 14.8 Å². The van der Waals surface area contributed by atoms with Gasteiger partial charge in [-0.25, -0.2) is 8.42 Å². The van der Waals surface area contributed by atoms with E-state index in [4.69, 9.17) is 0 Å². The van der Waals surface area contributed by atoms with Gasteiger partial charge in [0, 0.05) is 25.0 Å². The van der Waals surface area contributed by atoms with Crippen LogP contribution in [0.25, 0.3) is 0 Å². The third kappa shape index (κ3) is 3.02. The molecule has 132 valence electrons. The lowest BCUT2D eigenvalue weighted by Crippen LogP contribution is -2.46. The van der Waals surface area contributed by atoms with Gasteiger partial charge in [-0.05, 0) is 55.4 Å². The molecule has 24 heavy (non-hydrogen) atoms. The first-order valence-electron chi connectivity index (χ1n) is 8.88. The average molecular weight is 369 g/mol. The predicted molar refractivity (Wildman–Crippen MR) is 93.2 cm³/mol. The zero-order chi connectivity index (χ0) is 16.7. The normalized spacial score (nSPS) is 31.4. The summed E-state index contributed by atoms with van der Waals surface area (Å²) < 4.78 is 27.0. The highest BCUT2D eigenvalue weighted by Crippen LogP contribution is 2.44. The summed E-state index contributed by atoms with van der Waals surface area (Å²) >= 11 is 1.25. The molecule has 1 saturated heterocycles. The van der Waals surface area contributed by atoms with Gasteiger partial charge in [0.2, 0.25) is 5.91 Å². The smallest absolute Gasteiger partial charge is 0.252 e. The first-order valence-corrected chi connectivity index (χ1v) is 11.2. The number of piperidine rings is 1. The van der Waals surface area contributed by atoms with E-state index in [1.807, 2.05) is 0 Å². The molecular weight excluding hydrogens is 344 g/mol. The molecule has 1 aliphatic heterocycles. The van der Waals surface area contributed by atoms with Crippen LogP contribution in [0.4, 0.5) is 0 Å². The fourth-order valence-electron chi connectivity index (χ4n) is 4.62. The summed E-state index contributed by atoms with van der Waals surface area (Å²) in [4.78, 5) is 12.5. The molecule has 2 saturated carbocycles. The largest absolute Gasteiger partial charge is 0.353 e. The van der Waals surface area contributed by atoms with E-state index in [1.54, 1.807) is 17.5 Å². The molecular formula is C17H24N2O3S2. The van der Waals surface area contributed by atoms with Crippen LogP contribution in [0.15, 0.2) is 21.7 Å². The van der Waals surface area contributed by atoms with Crippen LogP contribution >= 0.6 is 11.3 Å². The van der Waals surface area contributed by atoms with Gasteiger partial charge in [-0.3, -0.25) is 4.79 Å². The first kappa shape index (κ1) is 16.5. The maximum absolute atomic E-state index is 12.5. The number of sulfonamides is 1. The van der Waals surface area contributed by atoms with E-state index in [0.29, 0.717) is 42.1 Å². The fraction of sp³-hybridized carbons (Fsp3) is 0.706. The molecule has 2 aliphatic carbocycles. The van der Waals surface area contributed by atoms with Crippen LogP contribution in [0.3, 0.4) is 0 Å². The van der Waals surface area contributed by atoms with Crippen molar-refractivity contribution >= 4 is 27.3 Å². The number of carbonyl (C=O) groups is 1. The van der Waals surface area contributed by atoms with Crippen molar-refractivity contribution in [1.29, 1.82) is 0 Å². The van der Waals surface area contributed by atoms with Gasteiger partial charge >= 0.3 is 0 Å². The van der Waals surface area contributed by atoms with Crippen LogP contribution in [0.5, 0.6) is 0 Å². The van der Waals surface area contributed by atoms with Gasteiger partial charge in [0.05, 0.1) is 0 Å². The number of thiophene rings is 1. The van der Waals surface area contributed by atoms with E-state index in [9.17, 15) is 13.2 Å². The van der Waals surface area contributed by atoms with Crippen molar-refractivity contribution in [2.45, 2.75) is 48.8 Å². The van der Waals surface area contributed by atoms with Crippen molar-refractivity contribution in [3.8, 4) is 0 Å². The van der Waals surface area contributed by atoms with Gasteiger partial charge in [-0.1, -0.05) is 12.5 Å². The molecule has 3 aliphatic rings. The molecule has 1 aromatic heterocycles. The van der Waals surface area contributed by atoms with Crippen molar-refractivity contribution in [2.24, 2.45) is 17.8 Å². The number of carbonyl (C=O) groups excluding carboxylic acids is 1. The molecule has 1 amide bonds. The molecule has 1 aromatic rings. The highest BCUT2D eigenvalue weighted by molar-refractivity contribution is 7.91. The maximum atomic E-state index is 12.5. The van der Waals surface area contributed by atoms with Gasteiger partial charge in [-0.15, -0.1) is 11.3 Å². The lowest BCUT2D eigenvalue weighted by molar-refractivity contribution is -0.127. The third-order valence-corrected chi connectivity index (χ3v) is 9.25. The van der Waals surface area contributed by atoms with Crippen LogP contribution < -0.4 is 5.32 Å². The minimum atomic E-state index is -3.38. The Labute approximate surface area is 147 Å². The summed E-state index contributed by atoms with van der Waals surface area (Å²) in [5.74, 6) is 1.59. The van der Waals surface area contributed by atoms with Crippen LogP contribution in [-0.4, -0.2) is 37.8 Å². The Bertz CT molecular complexity index is 693. The number of nitrogens with zero attached hydrogens (tertiary/aromatic N) is 1. The van der Waals surface area contributed by atoms with E-state index in [-0.39, 0.29) is 11.8 Å². The molecule has 0 radical (unpaired) electrons. The van der Waals surface area contributed by atoms with Gasteiger partial charge in [0.25, 0.3) is 10.0 Å². The Hall–Kier alpha value is -0.920. The first-order chi connectivity index (χ1) is 11.5. The molecule has 0 spiro atoms. The number of nitrogens with one attached hydrogen (secondary N) is 1. The van der Waals surface area contributed by atoms with Gasteiger partial charge in [0.1, 0.15) is 4.21 Å². The predicted octanol–water partition coefficient (Wildman–Crippen LogP) is 2.45. The molecule has 2 heterocycles. The quantitative estimate of drug-likeness (QED) is 0.888. The van der Waals surface area contributed by atoms with Gasteiger partial charge in [-0.2, -0.15) is 4.31 Å². The van der Waals surface area contributed by atoms with Gasteiger partial charge < -0.3 is 5.32 Å². The van der Waals surface area contributed by atoms with E-state index >= 15 is 0 Å². The SMILES string of the molecule is O=C(N[C@@H]1C[C@@H]2CC[C@@H]1C2)C1CCN(S(=O)(=O)c2cccs2)CC1. The Morgan fingerprint density at radius 1 is 1.17 bits per heavy atom. The van der Waals surface area contributed by atoms with Crippen molar-refractivity contribution in [2.75, 3.05) is 13.1 Å². The number of amides is 1. The summed E-state index contributed by atoms with van der Waals surface area (Å²) in [6.07, 6.45) is 6.25. The third-order valence-electron chi connectivity index (χ3n) is 5.98. The zero-order valence-electron chi connectivity index (χ0n) is 13.7. The zero-order valence-corrected chi connectivity index (χ0v) is 15.3. The molecule has 3 fully saturated rings. The van der Waals surface area contributed by atoms with E-state index in [0.717, 1.165) is 12.3 Å². The fourth-order valence-corrected chi connectivity index (χ4v) is 7.23. The lowest BCUT2D eigenvalue weighted by atomic mass is 9.93. The second-order valence-electron chi connectivity index (χ2n) is 7.40. The Morgan fingerprint density at radius 3 is 2.54 bits per heavy atom. The number of fused-ring (bicyclic) bond motifs is 2. The van der Waals surface area contributed by atoms with Crippen molar-refractivity contribution in [3.05, 3.63) is 17.5 Å². The van der Waals surface area contributed by atoms with E-state index < -0.39 is 10.0 Å². The van der Waals surface area contributed by atoms with Crippen LogP contribution in [0, 0.1) is 17.8 Å². The molecule has 3 atom stereocenters. The summed E-state index contributed by atoms with van der Waals surface area (Å²) in [7, 11) is -3.38. The molecule has 0 unspecified atom stereocenters. The van der Waals surface area contributed by atoms with E-state index in [1.165, 1.54) is 34.9 Å². The number of rotatable bonds is 4. The average Bonchev–Trinajstić information content (AvgIpc) is 3.32. The highest BCUT2D eigenvalue weighted by atomic mass is 32.2. The van der Waals surface area contributed by atoms with Crippen molar-refractivity contribution in [3.63, 3.8) is 0 Å². The van der Waals surface area contributed by atoms with E-state index in [2.05, 4.69) is 5.32 Å². The molecule has 4 rings (SSSR count). The highest BCUT2D eigenvalue weighted by Gasteiger charge is 2.41. The molecule has 2 bridgehead atoms. The summed E-state index contributed by atoms with van der Waals surface area (Å²) in [6.45, 7) is 0.879. The number of hydrogen-bond donors (Lipinski definition) is 1. The summed E-state index contributed by atoms with van der Waals surface area (Å²) in [5, 5.41) is 5.04. The minimum absolute atomic E-state index is 0.0427. The monoisotopic (exact) mass is 368 g/mol.